The maximum Gasteiger partial charge on any atom is 0.244 e. The van der Waals surface area contributed by atoms with E-state index in [4.69, 9.17) is 0 Å². The zero-order valence-corrected chi connectivity index (χ0v) is 11.0. The Morgan fingerprint density at radius 3 is 2.39 bits per heavy atom. The monoisotopic (exact) mass is 247 g/mol. The number of benzene rings is 1. The van der Waals surface area contributed by atoms with Crippen molar-refractivity contribution in [3.8, 4) is 0 Å². The Labute approximate surface area is 109 Å². The highest BCUT2D eigenvalue weighted by Gasteiger charge is 2.26. The van der Waals surface area contributed by atoms with E-state index in [1.165, 1.54) is 6.08 Å². The first-order valence-electron chi connectivity index (χ1n) is 6.32. The smallest absolute Gasteiger partial charge is 0.244 e. The first kappa shape index (κ1) is 14.5. The molecule has 0 atom stereocenters. The molecule has 0 aliphatic carbocycles. The fraction of sp³-hybridized carbons (Fsp3) is 0.400. The molecule has 0 heterocycles. The fourth-order valence-electron chi connectivity index (χ4n) is 1.73. The summed E-state index contributed by atoms with van der Waals surface area (Å²) in [6.07, 6.45) is 4.70. The third-order valence-electron chi connectivity index (χ3n) is 3.27. The molecule has 98 valence electrons. The van der Waals surface area contributed by atoms with Crippen LogP contribution in [-0.4, -0.2) is 23.2 Å². The number of rotatable bonds is 6. The highest BCUT2D eigenvalue weighted by atomic mass is 16.3. The summed E-state index contributed by atoms with van der Waals surface area (Å²) in [5.41, 5.74) is 0.480. The van der Waals surface area contributed by atoms with Crippen LogP contribution in [0.2, 0.25) is 0 Å². The van der Waals surface area contributed by atoms with Crippen LogP contribution < -0.4 is 5.32 Å². The van der Waals surface area contributed by atoms with Crippen LogP contribution in [0.15, 0.2) is 36.4 Å². The summed E-state index contributed by atoms with van der Waals surface area (Å²) < 4.78 is 0. The standard InChI is InChI=1S/C15H21NO2/c1-3-15(4-2,12-17)16-14(18)11-10-13-8-6-5-7-9-13/h5-11,17H,3-4,12H2,1-2H3,(H,16,18). The molecule has 0 aromatic heterocycles. The highest BCUT2D eigenvalue weighted by Crippen LogP contribution is 2.14. The second-order valence-electron chi connectivity index (χ2n) is 4.38. The van der Waals surface area contributed by atoms with Gasteiger partial charge in [0.05, 0.1) is 12.1 Å². The number of nitrogens with one attached hydrogen (secondary N) is 1. The van der Waals surface area contributed by atoms with Crippen LogP contribution in [0, 0.1) is 0 Å². The predicted octanol–water partition coefficient (Wildman–Crippen LogP) is 2.37. The highest BCUT2D eigenvalue weighted by molar-refractivity contribution is 5.92. The van der Waals surface area contributed by atoms with Crippen molar-refractivity contribution in [3.63, 3.8) is 0 Å². The minimum absolute atomic E-state index is 0.0368. The molecule has 1 rings (SSSR count). The van der Waals surface area contributed by atoms with E-state index in [9.17, 15) is 9.90 Å². The summed E-state index contributed by atoms with van der Waals surface area (Å²) >= 11 is 0. The Morgan fingerprint density at radius 1 is 1.28 bits per heavy atom. The largest absolute Gasteiger partial charge is 0.394 e. The quantitative estimate of drug-likeness (QED) is 0.758. The van der Waals surface area contributed by atoms with Crippen LogP contribution in [0.5, 0.6) is 0 Å². The van der Waals surface area contributed by atoms with E-state index in [0.29, 0.717) is 12.8 Å². The maximum absolute atomic E-state index is 11.8. The molecule has 0 radical (unpaired) electrons. The summed E-state index contributed by atoms with van der Waals surface area (Å²) in [5, 5.41) is 12.2. The normalized spacial score (nSPS) is 11.7. The Kier molecular flexibility index (Phi) is 5.59. The Bertz CT molecular complexity index is 386. The van der Waals surface area contributed by atoms with E-state index in [-0.39, 0.29) is 12.5 Å². The van der Waals surface area contributed by atoms with E-state index in [1.807, 2.05) is 44.2 Å². The molecule has 1 aromatic carbocycles. The van der Waals surface area contributed by atoms with Gasteiger partial charge in [-0.05, 0) is 24.5 Å². The molecule has 3 nitrogen and oxygen atoms in total. The average Bonchev–Trinajstić information content (AvgIpc) is 2.44. The summed E-state index contributed by atoms with van der Waals surface area (Å²) in [6, 6.07) is 9.65. The maximum atomic E-state index is 11.8. The Hall–Kier alpha value is -1.61. The lowest BCUT2D eigenvalue weighted by molar-refractivity contribution is -0.119. The van der Waals surface area contributed by atoms with E-state index in [1.54, 1.807) is 6.08 Å². The van der Waals surface area contributed by atoms with Gasteiger partial charge in [0.2, 0.25) is 5.91 Å². The number of aliphatic hydroxyl groups is 1. The van der Waals surface area contributed by atoms with Crippen molar-refractivity contribution >= 4 is 12.0 Å². The van der Waals surface area contributed by atoms with E-state index in [0.717, 1.165) is 5.56 Å². The van der Waals surface area contributed by atoms with Gasteiger partial charge in [-0.15, -0.1) is 0 Å². The molecule has 1 aromatic rings. The van der Waals surface area contributed by atoms with Gasteiger partial charge in [-0.2, -0.15) is 0 Å². The number of carbonyl (C=O) groups excluding carboxylic acids is 1. The van der Waals surface area contributed by atoms with E-state index >= 15 is 0 Å². The number of hydrogen-bond donors (Lipinski definition) is 2. The lowest BCUT2D eigenvalue weighted by Crippen LogP contribution is -2.49. The first-order valence-corrected chi connectivity index (χ1v) is 6.32. The van der Waals surface area contributed by atoms with Crippen molar-refractivity contribution < 1.29 is 9.90 Å². The molecule has 1 amide bonds. The molecule has 0 aliphatic rings. The zero-order chi connectivity index (χ0) is 13.4. The van der Waals surface area contributed by atoms with Crippen molar-refractivity contribution in [1.29, 1.82) is 0 Å². The van der Waals surface area contributed by atoms with Crippen molar-refractivity contribution in [2.45, 2.75) is 32.2 Å². The molecule has 18 heavy (non-hydrogen) atoms. The van der Waals surface area contributed by atoms with Gasteiger partial charge in [0, 0.05) is 6.08 Å². The first-order chi connectivity index (χ1) is 8.65. The van der Waals surface area contributed by atoms with Crippen LogP contribution in [-0.2, 0) is 4.79 Å². The molecule has 0 unspecified atom stereocenters. The minimum atomic E-state index is -0.502. The second kappa shape index (κ2) is 6.97. The Morgan fingerprint density at radius 2 is 1.89 bits per heavy atom. The number of amides is 1. The number of carbonyl (C=O) groups is 1. The van der Waals surface area contributed by atoms with Gasteiger partial charge < -0.3 is 10.4 Å². The van der Waals surface area contributed by atoms with Gasteiger partial charge in [-0.25, -0.2) is 0 Å². The van der Waals surface area contributed by atoms with Crippen LogP contribution in [0.3, 0.4) is 0 Å². The van der Waals surface area contributed by atoms with Crippen LogP contribution >= 0.6 is 0 Å². The molecule has 3 heteroatoms. The second-order valence-corrected chi connectivity index (χ2v) is 4.38. The Balaban J connectivity index is 2.64. The lowest BCUT2D eigenvalue weighted by Gasteiger charge is -2.30. The van der Waals surface area contributed by atoms with E-state index < -0.39 is 5.54 Å². The van der Waals surface area contributed by atoms with Gasteiger partial charge in [0.25, 0.3) is 0 Å². The minimum Gasteiger partial charge on any atom is -0.394 e. The van der Waals surface area contributed by atoms with Crippen molar-refractivity contribution in [3.05, 3.63) is 42.0 Å². The van der Waals surface area contributed by atoms with Gasteiger partial charge in [0.1, 0.15) is 0 Å². The molecule has 0 spiro atoms. The summed E-state index contributed by atoms with van der Waals surface area (Å²) in [4.78, 5) is 11.8. The topological polar surface area (TPSA) is 49.3 Å². The van der Waals surface area contributed by atoms with Crippen molar-refractivity contribution in [2.75, 3.05) is 6.61 Å². The number of aliphatic hydroxyl groups excluding tert-OH is 1. The van der Waals surface area contributed by atoms with Crippen molar-refractivity contribution in [2.24, 2.45) is 0 Å². The predicted molar refractivity (Wildman–Crippen MR) is 74.0 cm³/mol. The fourth-order valence-corrected chi connectivity index (χ4v) is 1.73. The molecule has 0 fully saturated rings. The third-order valence-corrected chi connectivity index (χ3v) is 3.27. The molecule has 0 saturated heterocycles. The average molecular weight is 247 g/mol. The van der Waals surface area contributed by atoms with Gasteiger partial charge in [-0.1, -0.05) is 44.2 Å². The van der Waals surface area contributed by atoms with Gasteiger partial charge in [0.15, 0.2) is 0 Å². The van der Waals surface area contributed by atoms with Gasteiger partial charge >= 0.3 is 0 Å². The molecular weight excluding hydrogens is 226 g/mol. The SMILES string of the molecule is CCC(CC)(CO)NC(=O)C=Cc1ccccc1. The molecule has 0 saturated carbocycles. The number of hydrogen-bond acceptors (Lipinski definition) is 2. The zero-order valence-electron chi connectivity index (χ0n) is 11.0. The molecular formula is C15H21NO2. The van der Waals surface area contributed by atoms with Crippen LogP contribution in [0.25, 0.3) is 6.08 Å². The van der Waals surface area contributed by atoms with Gasteiger partial charge in [-0.3, -0.25) is 4.79 Å². The van der Waals surface area contributed by atoms with Crippen molar-refractivity contribution in [1.82, 2.24) is 5.32 Å². The summed E-state index contributed by atoms with van der Waals surface area (Å²) in [5.74, 6) is -0.170. The van der Waals surface area contributed by atoms with E-state index in [2.05, 4.69) is 5.32 Å². The molecule has 2 N–H and O–H groups in total. The summed E-state index contributed by atoms with van der Waals surface area (Å²) in [7, 11) is 0. The lowest BCUT2D eigenvalue weighted by atomic mass is 9.94. The summed E-state index contributed by atoms with van der Waals surface area (Å²) in [6.45, 7) is 3.88. The van der Waals surface area contributed by atoms with Crippen LogP contribution in [0.4, 0.5) is 0 Å². The van der Waals surface area contributed by atoms with Crippen LogP contribution in [0.1, 0.15) is 32.3 Å². The molecule has 0 bridgehead atoms. The molecule has 0 aliphatic heterocycles. The third kappa shape index (κ3) is 4.00.